The van der Waals surface area contributed by atoms with Crippen molar-refractivity contribution in [3.05, 3.63) is 104 Å². The third-order valence-corrected chi connectivity index (χ3v) is 24.7. The van der Waals surface area contributed by atoms with Crippen molar-refractivity contribution in [1.29, 1.82) is 0 Å². The summed E-state index contributed by atoms with van der Waals surface area (Å²) in [4.78, 5) is 0. The molecule has 0 N–H and O–H groups in total. The molecule has 4 rings (SSSR count). The number of rotatable bonds is 7. The van der Waals surface area contributed by atoms with E-state index < -0.39 is 32.9 Å². The van der Waals surface area contributed by atoms with Crippen LogP contribution in [0.15, 0.2) is 71.7 Å². The van der Waals surface area contributed by atoms with Crippen LogP contribution in [0.2, 0.25) is 89.2 Å². The first-order chi connectivity index (χ1) is 19.1. The van der Waals surface area contributed by atoms with E-state index in [4.69, 9.17) is 9.30 Å². The van der Waals surface area contributed by atoms with Gasteiger partial charge in [0.15, 0.2) is 0 Å². The van der Waals surface area contributed by atoms with Crippen molar-refractivity contribution in [1.82, 2.24) is 0 Å². The molecule has 0 atom stereocenters. The van der Waals surface area contributed by atoms with E-state index in [-0.39, 0.29) is 21.7 Å². The van der Waals surface area contributed by atoms with Crippen molar-refractivity contribution >= 4 is 39.7 Å². The maximum absolute atomic E-state index is 4.93. The quantitative estimate of drug-likeness (QED) is 0.160. The normalized spacial score (nSPS) is 19.9. The Morgan fingerprint density at radius 2 is 0.929 bits per heavy atom. The van der Waals surface area contributed by atoms with Crippen LogP contribution in [-0.4, -0.2) is 39.7 Å². The zero-order valence-electron chi connectivity index (χ0n) is 28.7. The molecule has 0 spiro atoms. The summed E-state index contributed by atoms with van der Waals surface area (Å²) in [7, 11) is -3.96. The van der Waals surface area contributed by atoms with E-state index in [0.717, 1.165) is 30.2 Å². The molecule has 0 unspecified atom stereocenters. The summed E-state index contributed by atoms with van der Waals surface area (Å²) >= 11 is 0. The summed E-state index contributed by atoms with van der Waals surface area (Å²) in [6.45, 7) is 26.3. The molecule has 2 heterocycles. The van der Waals surface area contributed by atoms with E-state index in [9.17, 15) is 0 Å². The second-order valence-electron chi connectivity index (χ2n) is 14.2. The molecule has 0 saturated carbocycles. The van der Waals surface area contributed by atoms with Gasteiger partial charge in [0.1, 0.15) is 0 Å². The Kier molecular flexibility index (Phi) is 16.8. The fourth-order valence-corrected chi connectivity index (χ4v) is 30.6. The Morgan fingerprint density at radius 1 is 0.595 bits per heavy atom. The van der Waals surface area contributed by atoms with Gasteiger partial charge < -0.3 is 9.30 Å². The molecule has 0 radical (unpaired) electrons. The first-order valence-corrected chi connectivity index (χ1v) is 28.6. The molecular weight excluding hydrogens is 607 g/mol. The number of allylic oxidation sites excluding steroid dienone is 2. The van der Waals surface area contributed by atoms with Crippen LogP contribution in [0.3, 0.4) is 0 Å². The Balaban J connectivity index is 0.000000380. The average Bonchev–Trinajstić information content (AvgIpc) is 3.34. The van der Waals surface area contributed by atoms with Gasteiger partial charge in [-0.15, -0.1) is 48.5 Å². The van der Waals surface area contributed by atoms with Gasteiger partial charge in [0, 0.05) is 0 Å². The summed E-state index contributed by atoms with van der Waals surface area (Å²) in [5.74, 6) is 0. The number of nitrogens with zero attached hydrogens (tertiary/aromatic N) is 2. The Morgan fingerprint density at radius 3 is 1.19 bits per heavy atom. The van der Waals surface area contributed by atoms with Crippen molar-refractivity contribution in [2.24, 2.45) is 0 Å². The molecule has 2 nitrogen and oxygen atoms in total. The molecule has 0 aromatic heterocycles. The smallest absolute Gasteiger partial charge is 0.667 e. The molecule has 0 amide bonds. The fraction of sp³-hybridized carbons (Fsp3) is 0.529. The molecule has 0 aliphatic carbocycles. The van der Waals surface area contributed by atoms with Crippen molar-refractivity contribution < 1.29 is 21.7 Å². The molecule has 42 heavy (non-hydrogen) atoms. The molecule has 2 aliphatic rings. The third-order valence-electron chi connectivity index (χ3n) is 8.10. The summed E-state index contributed by atoms with van der Waals surface area (Å²) in [5, 5.41) is 0. The van der Waals surface area contributed by atoms with Crippen LogP contribution in [0.5, 0.6) is 0 Å². The predicted octanol–water partition coefficient (Wildman–Crippen LogP) is 11.6. The molecule has 2 fully saturated rings. The van der Waals surface area contributed by atoms with Crippen molar-refractivity contribution in [3.63, 3.8) is 0 Å². The van der Waals surface area contributed by atoms with E-state index in [2.05, 4.69) is 140 Å². The summed E-state index contributed by atoms with van der Waals surface area (Å²) in [5.41, 5.74) is 4.87. The van der Waals surface area contributed by atoms with Crippen LogP contribution < -0.4 is 0 Å². The fourth-order valence-electron chi connectivity index (χ4n) is 5.93. The zero-order chi connectivity index (χ0) is 30.7. The molecule has 2 aromatic rings. The first-order valence-electron chi connectivity index (χ1n) is 16.0. The second kappa shape index (κ2) is 17.8. The molecule has 8 heteroatoms. The van der Waals surface area contributed by atoms with Gasteiger partial charge in [-0.25, -0.2) is 11.0 Å². The van der Waals surface area contributed by atoms with Crippen LogP contribution >= 0.6 is 0 Å². The minimum atomic E-state index is -0.989. The molecule has 2 aromatic carbocycles. The molecule has 2 aliphatic heterocycles. The summed E-state index contributed by atoms with van der Waals surface area (Å²) < 4.78 is 9.86. The van der Waals surface area contributed by atoms with Crippen LogP contribution in [0, 0.1) is 12.2 Å². The van der Waals surface area contributed by atoms with Gasteiger partial charge in [-0.1, -0.05) is 161 Å². The molecule has 226 valence electrons. The number of benzene rings is 2. The van der Waals surface area contributed by atoms with Gasteiger partial charge in [0.05, 0.1) is 6.71 Å². The third kappa shape index (κ3) is 14.5. The maximum atomic E-state index is 4.93. The van der Waals surface area contributed by atoms with Crippen molar-refractivity contribution in [3.8, 4) is 0 Å². The van der Waals surface area contributed by atoms with E-state index >= 15 is 0 Å². The zero-order valence-corrected chi connectivity index (χ0v) is 34.3. The Labute approximate surface area is 280 Å². The first kappa shape index (κ1) is 39.5. The van der Waals surface area contributed by atoms with Gasteiger partial charge in [-0.3, -0.25) is 0 Å². The van der Waals surface area contributed by atoms with Crippen molar-refractivity contribution in [2.45, 2.75) is 116 Å². The molecule has 0 bridgehead atoms. The van der Waals surface area contributed by atoms with Crippen LogP contribution in [0.1, 0.15) is 38.3 Å². The Bertz CT molecular complexity index is 1060. The predicted molar refractivity (Wildman–Crippen MR) is 197 cm³/mol. The van der Waals surface area contributed by atoms with E-state index in [1.807, 2.05) is 6.07 Å². The minimum Gasteiger partial charge on any atom is -0.667 e. The maximum Gasteiger partial charge on any atom is 4.00 e. The van der Waals surface area contributed by atoms with Gasteiger partial charge in [-0.05, 0) is 0 Å². The van der Waals surface area contributed by atoms with E-state index in [1.165, 1.54) is 35.2 Å². The number of hydrogen-bond acceptors (Lipinski definition) is 0. The summed E-state index contributed by atoms with van der Waals surface area (Å²) in [6, 6.07) is 26.7. The number of hydrogen-bond donors (Lipinski definition) is 0. The van der Waals surface area contributed by atoms with Gasteiger partial charge in [0.25, 0.3) is 0 Å². The second-order valence-corrected chi connectivity index (χ2v) is 32.5. The van der Waals surface area contributed by atoms with E-state index in [0.29, 0.717) is 6.71 Å². The van der Waals surface area contributed by atoms with Gasteiger partial charge in [-0.2, -0.15) is 23.3 Å². The van der Waals surface area contributed by atoms with Crippen LogP contribution in [-0.2, 0) is 21.7 Å². The van der Waals surface area contributed by atoms with Gasteiger partial charge >= 0.3 is 21.7 Å². The largest absolute Gasteiger partial charge is 4.00 e. The van der Waals surface area contributed by atoms with Crippen LogP contribution in [0.25, 0.3) is 9.30 Å². The molecule has 2 saturated heterocycles. The summed E-state index contributed by atoms with van der Waals surface area (Å²) in [6.07, 6.45) is 10.5. The minimum absolute atomic E-state index is 0. The topological polar surface area (TPSA) is 28.2 Å². The molecular formula is C34H57BN2Si4Ti. The SMILES string of the molecule is CCB(CC)C(=[C-]c1ccccc1)C(=[C-]c1ccccc1)CC.C[Si]1(C)CC[Si](C)(C)[N-]1.C[Si]1(C)CC[Si](C)(C)[N-]1.[Ti+4]. The van der Waals surface area contributed by atoms with E-state index in [1.54, 1.807) is 0 Å². The monoisotopic (exact) mass is 664 g/mol. The average molecular weight is 665 g/mol. The van der Waals surface area contributed by atoms with Crippen LogP contribution in [0.4, 0.5) is 0 Å². The van der Waals surface area contributed by atoms with Crippen molar-refractivity contribution in [2.75, 3.05) is 0 Å². The standard InChI is InChI=1S/C22H25B.2C6H16NSi2.Ti/c1-4-21(17-19-13-9-7-10-14-19)22(23(5-2)6-3)18-20-15-11-8-12-16-20;2*1-8(2)5-6-9(3,4)7-8;/h7-16H,4-6H2,1-3H3;2*5-6H2,1-4H3;/q-2;2*-1;+4. The van der Waals surface area contributed by atoms with Gasteiger partial charge in [0.2, 0.25) is 0 Å². The Hall–Kier alpha value is -0.513.